The second-order valence-corrected chi connectivity index (χ2v) is 4.77. The van der Waals surface area contributed by atoms with Crippen LogP contribution in [0.1, 0.15) is 11.1 Å². The summed E-state index contributed by atoms with van der Waals surface area (Å²) in [4.78, 5) is 0. The molecule has 0 aliphatic rings. The molecule has 0 bridgehead atoms. The van der Waals surface area contributed by atoms with Gasteiger partial charge in [-0.2, -0.15) is 0 Å². The first-order valence-electron chi connectivity index (χ1n) is 6.46. The lowest BCUT2D eigenvalue weighted by atomic mass is 10.2. The summed E-state index contributed by atoms with van der Waals surface area (Å²) < 4.78 is 16.2. The van der Waals surface area contributed by atoms with E-state index in [1.54, 1.807) is 12.1 Å². The minimum absolute atomic E-state index is 0.0590. The Labute approximate surface area is 128 Å². The van der Waals surface area contributed by atoms with E-state index >= 15 is 0 Å². The Morgan fingerprint density at radius 2 is 1.86 bits per heavy atom. The number of methoxy groups -OCH3 is 1. The minimum atomic E-state index is -0.110. The lowest BCUT2D eigenvalue weighted by Crippen LogP contribution is -2.05. The second-order valence-electron chi connectivity index (χ2n) is 4.36. The highest BCUT2D eigenvalue weighted by Gasteiger charge is 2.11. The summed E-state index contributed by atoms with van der Waals surface area (Å²) in [6.45, 7) is 0.403. The first-order chi connectivity index (χ1) is 10.2. The predicted octanol–water partition coefficient (Wildman–Crippen LogP) is 3.39. The summed E-state index contributed by atoms with van der Waals surface area (Å²) in [6, 6.07) is 13.1. The molecule has 0 heterocycles. The summed E-state index contributed by atoms with van der Waals surface area (Å²) in [5, 5.41) is 9.51. The molecule has 0 unspecified atom stereocenters. The Morgan fingerprint density at radius 1 is 1.10 bits per heavy atom. The molecular formula is C16H17ClO4. The fraction of sp³-hybridized carbons (Fsp3) is 0.250. The smallest absolute Gasteiger partial charge is 0.189 e. The molecular weight excluding hydrogens is 292 g/mol. The van der Waals surface area contributed by atoms with Crippen molar-refractivity contribution < 1.29 is 19.3 Å². The zero-order valence-electron chi connectivity index (χ0n) is 11.7. The van der Waals surface area contributed by atoms with Gasteiger partial charge in [-0.25, -0.2) is 0 Å². The van der Waals surface area contributed by atoms with Crippen LogP contribution in [0.15, 0.2) is 42.5 Å². The zero-order chi connectivity index (χ0) is 15.1. The van der Waals surface area contributed by atoms with Gasteiger partial charge in [0.1, 0.15) is 0 Å². The fourth-order valence-corrected chi connectivity index (χ4v) is 2.13. The number of benzene rings is 2. The van der Waals surface area contributed by atoms with Gasteiger partial charge in [-0.05, 0) is 23.3 Å². The van der Waals surface area contributed by atoms with Gasteiger partial charge in [-0.1, -0.05) is 41.9 Å². The van der Waals surface area contributed by atoms with Crippen LogP contribution in [-0.2, 0) is 18.0 Å². The molecule has 0 aliphatic carbocycles. The van der Waals surface area contributed by atoms with Gasteiger partial charge in [0.25, 0.3) is 0 Å². The molecule has 21 heavy (non-hydrogen) atoms. The monoisotopic (exact) mass is 308 g/mol. The first kappa shape index (κ1) is 15.6. The van der Waals surface area contributed by atoms with Crippen LogP contribution in [0.5, 0.6) is 11.5 Å². The normalized spacial score (nSPS) is 10.4. The lowest BCUT2D eigenvalue weighted by molar-refractivity contribution is 0.00379. The summed E-state index contributed by atoms with van der Waals surface area (Å²) in [6.07, 6.45) is 0. The van der Waals surface area contributed by atoms with Gasteiger partial charge in [-0.3, -0.25) is 0 Å². The Balaban J connectivity index is 1.93. The van der Waals surface area contributed by atoms with Gasteiger partial charge >= 0.3 is 0 Å². The van der Waals surface area contributed by atoms with Crippen molar-refractivity contribution in [2.45, 2.75) is 13.2 Å². The molecule has 112 valence electrons. The van der Waals surface area contributed by atoms with Crippen molar-refractivity contribution in [3.63, 3.8) is 0 Å². The number of hydrogen-bond donors (Lipinski definition) is 1. The molecule has 5 heteroatoms. The third-order valence-electron chi connectivity index (χ3n) is 2.87. The molecule has 2 aromatic rings. The van der Waals surface area contributed by atoms with Crippen molar-refractivity contribution in [3.05, 3.63) is 58.6 Å². The maximum atomic E-state index is 9.13. The molecule has 1 N–H and O–H groups in total. The average molecular weight is 309 g/mol. The highest BCUT2D eigenvalue weighted by atomic mass is 35.5. The van der Waals surface area contributed by atoms with E-state index in [0.717, 1.165) is 5.56 Å². The minimum Gasteiger partial charge on any atom is -0.493 e. The Morgan fingerprint density at radius 3 is 2.52 bits per heavy atom. The largest absolute Gasteiger partial charge is 0.493 e. The third-order valence-corrected chi connectivity index (χ3v) is 3.15. The van der Waals surface area contributed by atoms with E-state index in [-0.39, 0.29) is 13.4 Å². The quantitative estimate of drug-likeness (QED) is 0.629. The number of aliphatic hydroxyl groups is 1. The number of hydrogen-bond acceptors (Lipinski definition) is 4. The van der Waals surface area contributed by atoms with Crippen LogP contribution in [-0.4, -0.2) is 19.0 Å². The molecule has 2 rings (SSSR count). The van der Waals surface area contributed by atoms with Crippen molar-refractivity contribution in [1.29, 1.82) is 0 Å². The maximum Gasteiger partial charge on any atom is 0.189 e. The van der Waals surface area contributed by atoms with Crippen LogP contribution in [0.25, 0.3) is 0 Å². The van der Waals surface area contributed by atoms with Crippen molar-refractivity contribution in [1.82, 2.24) is 0 Å². The van der Waals surface area contributed by atoms with Crippen LogP contribution in [0.4, 0.5) is 0 Å². The van der Waals surface area contributed by atoms with Crippen LogP contribution in [0, 0.1) is 0 Å². The van der Waals surface area contributed by atoms with E-state index in [1.807, 2.05) is 30.3 Å². The van der Waals surface area contributed by atoms with Crippen molar-refractivity contribution in [3.8, 4) is 11.5 Å². The van der Waals surface area contributed by atoms with Gasteiger partial charge in [0.2, 0.25) is 0 Å². The van der Waals surface area contributed by atoms with Crippen LogP contribution in [0.2, 0.25) is 5.02 Å². The third kappa shape index (κ3) is 4.36. The van der Waals surface area contributed by atoms with Gasteiger partial charge < -0.3 is 19.3 Å². The molecule has 0 amide bonds. The highest BCUT2D eigenvalue weighted by molar-refractivity contribution is 6.32. The lowest BCUT2D eigenvalue weighted by Gasteiger charge is -2.13. The van der Waals surface area contributed by atoms with Gasteiger partial charge in [0.15, 0.2) is 18.3 Å². The molecule has 0 spiro atoms. The van der Waals surface area contributed by atoms with Crippen LogP contribution in [0.3, 0.4) is 0 Å². The predicted molar refractivity (Wildman–Crippen MR) is 80.7 cm³/mol. The van der Waals surface area contributed by atoms with Gasteiger partial charge in [-0.15, -0.1) is 0 Å². The summed E-state index contributed by atoms with van der Waals surface area (Å²) in [7, 11) is 1.52. The highest BCUT2D eigenvalue weighted by Crippen LogP contribution is 2.36. The fourth-order valence-electron chi connectivity index (χ4n) is 1.84. The maximum absolute atomic E-state index is 9.13. The summed E-state index contributed by atoms with van der Waals surface area (Å²) >= 11 is 6.12. The topological polar surface area (TPSA) is 47.9 Å². The molecule has 4 nitrogen and oxygen atoms in total. The number of rotatable bonds is 7. The van der Waals surface area contributed by atoms with Gasteiger partial charge in [0.05, 0.1) is 25.3 Å². The van der Waals surface area contributed by atoms with Crippen molar-refractivity contribution in [2.24, 2.45) is 0 Å². The summed E-state index contributed by atoms with van der Waals surface area (Å²) in [5.41, 5.74) is 1.73. The Bertz CT molecular complexity index is 572. The SMILES string of the molecule is COc1cc(CO)cc(Cl)c1OCOCc1ccccc1. The van der Waals surface area contributed by atoms with Crippen molar-refractivity contribution in [2.75, 3.05) is 13.9 Å². The number of ether oxygens (including phenoxy) is 3. The Hall–Kier alpha value is -1.75. The van der Waals surface area contributed by atoms with E-state index < -0.39 is 0 Å². The molecule has 0 saturated heterocycles. The van der Waals surface area contributed by atoms with E-state index in [0.29, 0.717) is 28.7 Å². The molecule has 0 aromatic heterocycles. The molecule has 0 atom stereocenters. The average Bonchev–Trinajstić information content (AvgIpc) is 2.53. The van der Waals surface area contributed by atoms with E-state index in [2.05, 4.69) is 0 Å². The first-order valence-corrected chi connectivity index (χ1v) is 6.84. The summed E-state index contributed by atoms with van der Waals surface area (Å²) in [5.74, 6) is 0.874. The standard InChI is InChI=1S/C16H17ClO4/c1-19-15-8-13(9-18)7-14(17)16(15)21-11-20-10-12-5-3-2-4-6-12/h2-8,18H,9-11H2,1H3. The van der Waals surface area contributed by atoms with Crippen LogP contribution >= 0.6 is 11.6 Å². The molecule has 0 saturated carbocycles. The molecule has 0 radical (unpaired) electrons. The Kier molecular flexibility index (Phi) is 5.87. The second kappa shape index (κ2) is 7.88. The number of halogens is 1. The molecule has 0 fully saturated rings. The van der Waals surface area contributed by atoms with E-state index in [9.17, 15) is 0 Å². The van der Waals surface area contributed by atoms with Gasteiger partial charge in [0, 0.05) is 0 Å². The zero-order valence-corrected chi connectivity index (χ0v) is 12.5. The van der Waals surface area contributed by atoms with Crippen molar-refractivity contribution >= 4 is 11.6 Å². The number of aliphatic hydroxyl groups excluding tert-OH is 1. The van der Waals surface area contributed by atoms with E-state index in [1.165, 1.54) is 7.11 Å². The molecule has 2 aromatic carbocycles. The van der Waals surface area contributed by atoms with E-state index in [4.69, 9.17) is 30.9 Å². The molecule has 0 aliphatic heterocycles. The van der Waals surface area contributed by atoms with Crippen LogP contribution < -0.4 is 9.47 Å².